The van der Waals surface area contributed by atoms with Gasteiger partial charge in [0, 0.05) is 26.2 Å². The Hall–Kier alpha value is -1.14. The Balaban J connectivity index is 1.82. The van der Waals surface area contributed by atoms with Crippen molar-refractivity contribution in [3.63, 3.8) is 0 Å². The number of nitrogens with one attached hydrogen (secondary N) is 2. The molecule has 2 rings (SSSR count). The molecule has 0 aromatic carbocycles. The van der Waals surface area contributed by atoms with E-state index in [1.807, 2.05) is 0 Å². The predicted octanol–water partition coefficient (Wildman–Crippen LogP) is -0.136. The summed E-state index contributed by atoms with van der Waals surface area (Å²) in [6, 6.07) is -0.290. The van der Waals surface area contributed by atoms with Gasteiger partial charge in [0.2, 0.25) is 11.8 Å². The normalized spacial score (nSPS) is 29.4. The van der Waals surface area contributed by atoms with Gasteiger partial charge in [-0.3, -0.25) is 9.59 Å². The van der Waals surface area contributed by atoms with E-state index in [0.717, 1.165) is 32.2 Å². The summed E-state index contributed by atoms with van der Waals surface area (Å²) in [5.41, 5.74) is 0. The fourth-order valence-corrected chi connectivity index (χ4v) is 3.05. The van der Waals surface area contributed by atoms with Crippen LogP contribution in [0.2, 0.25) is 0 Å². The minimum atomic E-state index is -0.433. The summed E-state index contributed by atoms with van der Waals surface area (Å²) in [6.45, 7) is 4.51. The van der Waals surface area contributed by atoms with E-state index in [-0.39, 0.29) is 23.8 Å². The summed E-state index contributed by atoms with van der Waals surface area (Å²) in [5.74, 6) is 0.00357. The molecule has 3 N–H and O–H groups in total. The minimum absolute atomic E-state index is 0.0256. The lowest BCUT2D eigenvalue weighted by Gasteiger charge is -2.33. The Morgan fingerprint density at radius 1 is 1.43 bits per heavy atom. The molecule has 120 valence electrons. The predicted molar refractivity (Wildman–Crippen MR) is 79.6 cm³/mol. The molecule has 3 atom stereocenters. The molecular formula is C15H27N3O3. The summed E-state index contributed by atoms with van der Waals surface area (Å²) in [5, 5.41) is 15.5. The number of aliphatic hydroxyl groups is 1. The second kappa shape index (κ2) is 7.75. The zero-order valence-corrected chi connectivity index (χ0v) is 12.8. The molecular weight excluding hydrogens is 270 g/mol. The van der Waals surface area contributed by atoms with Gasteiger partial charge in [0.25, 0.3) is 0 Å². The molecule has 0 bridgehead atoms. The first-order chi connectivity index (χ1) is 10.1. The van der Waals surface area contributed by atoms with Crippen LogP contribution < -0.4 is 10.6 Å². The zero-order valence-electron chi connectivity index (χ0n) is 12.8. The zero-order chi connectivity index (χ0) is 15.2. The highest BCUT2D eigenvalue weighted by molar-refractivity contribution is 5.84. The molecule has 0 radical (unpaired) electrons. The van der Waals surface area contributed by atoms with Gasteiger partial charge < -0.3 is 20.6 Å². The fraction of sp³-hybridized carbons (Fsp3) is 0.867. The van der Waals surface area contributed by atoms with E-state index >= 15 is 0 Å². The summed E-state index contributed by atoms with van der Waals surface area (Å²) < 4.78 is 0. The molecule has 0 aliphatic carbocycles. The van der Waals surface area contributed by atoms with Crippen molar-refractivity contribution < 1.29 is 14.7 Å². The maximum atomic E-state index is 12.4. The number of β-amino-alcohol motifs (C(OH)–C–C–N with tert-alkyl or cyclic N) is 1. The van der Waals surface area contributed by atoms with Gasteiger partial charge in [0.1, 0.15) is 0 Å². The molecule has 2 heterocycles. The largest absolute Gasteiger partial charge is 0.392 e. The van der Waals surface area contributed by atoms with Crippen molar-refractivity contribution >= 4 is 11.8 Å². The number of rotatable bonds is 5. The van der Waals surface area contributed by atoms with E-state index in [9.17, 15) is 14.7 Å². The summed E-state index contributed by atoms with van der Waals surface area (Å²) in [6.07, 6.45) is 3.81. The molecule has 2 aliphatic heterocycles. The van der Waals surface area contributed by atoms with Crippen LogP contribution in [0.3, 0.4) is 0 Å². The van der Waals surface area contributed by atoms with Crippen LogP contribution in [-0.4, -0.2) is 60.1 Å². The van der Waals surface area contributed by atoms with Crippen LogP contribution in [0, 0.1) is 5.92 Å². The molecule has 0 aromatic rings. The van der Waals surface area contributed by atoms with Crippen molar-refractivity contribution in [1.29, 1.82) is 0 Å². The van der Waals surface area contributed by atoms with E-state index in [1.54, 1.807) is 4.90 Å². The molecule has 6 nitrogen and oxygen atoms in total. The van der Waals surface area contributed by atoms with Crippen molar-refractivity contribution in [3.8, 4) is 0 Å². The van der Waals surface area contributed by atoms with Crippen LogP contribution >= 0.6 is 0 Å². The van der Waals surface area contributed by atoms with Gasteiger partial charge in [-0.1, -0.05) is 13.3 Å². The number of hydrogen-bond donors (Lipinski definition) is 3. The average Bonchev–Trinajstić information content (AvgIpc) is 2.93. The van der Waals surface area contributed by atoms with E-state index in [1.165, 1.54) is 0 Å². The maximum absolute atomic E-state index is 12.4. The lowest BCUT2D eigenvalue weighted by Crippen LogP contribution is -2.50. The van der Waals surface area contributed by atoms with Crippen LogP contribution in [0.1, 0.15) is 39.0 Å². The quantitative estimate of drug-likeness (QED) is 0.617. The summed E-state index contributed by atoms with van der Waals surface area (Å²) in [4.78, 5) is 26.3. The molecule has 3 unspecified atom stereocenters. The highest BCUT2D eigenvalue weighted by Crippen LogP contribution is 2.19. The van der Waals surface area contributed by atoms with E-state index in [2.05, 4.69) is 17.6 Å². The molecule has 0 aromatic heterocycles. The Bertz CT molecular complexity index is 375. The SMILES string of the molecule is CCCCNC(=O)C1CCCN(C(=O)C2CC(O)CN2)C1. The van der Waals surface area contributed by atoms with Gasteiger partial charge >= 0.3 is 0 Å². The Morgan fingerprint density at radius 2 is 2.24 bits per heavy atom. The Kier molecular flexibility index (Phi) is 5.99. The number of unbranched alkanes of at least 4 members (excludes halogenated alkanes) is 1. The van der Waals surface area contributed by atoms with Gasteiger partial charge in [-0.2, -0.15) is 0 Å². The van der Waals surface area contributed by atoms with Crippen molar-refractivity contribution in [2.75, 3.05) is 26.2 Å². The van der Waals surface area contributed by atoms with Gasteiger partial charge in [-0.15, -0.1) is 0 Å². The highest BCUT2D eigenvalue weighted by Gasteiger charge is 2.34. The van der Waals surface area contributed by atoms with E-state index < -0.39 is 6.10 Å². The van der Waals surface area contributed by atoms with Gasteiger partial charge in [-0.05, 0) is 25.7 Å². The van der Waals surface area contributed by atoms with Crippen molar-refractivity contribution in [1.82, 2.24) is 15.5 Å². The number of hydrogen-bond acceptors (Lipinski definition) is 4. The maximum Gasteiger partial charge on any atom is 0.239 e. The number of likely N-dealkylation sites (tertiary alicyclic amines) is 1. The first-order valence-corrected chi connectivity index (χ1v) is 8.09. The minimum Gasteiger partial charge on any atom is -0.392 e. The summed E-state index contributed by atoms with van der Waals surface area (Å²) >= 11 is 0. The van der Waals surface area contributed by atoms with Crippen molar-refractivity contribution in [2.24, 2.45) is 5.92 Å². The van der Waals surface area contributed by atoms with Crippen LogP contribution in [-0.2, 0) is 9.59 Å². The number of nitrogens with zero attached hydrogens (tertiary/aromatic N) is 1. The molecule has 21 heavy (non-hydrogen) atoms. The Labute approximate surface area is 126 Å². The van der Waals surface area contributed by atoms with Crippen LogP contribution in [0.5, 0.6) is 0 Å². The smallest absolute Gasteiger partial charge is 0.239 e. The molecule has 2 saturated heterocycles. The van der Waals surface area contributed by atoms with E-state index in [4.69, 9.17) is 0 Å². The molecule has 0 spiro atoms. The lowest BCUT2D eigenvalue weighted by atomic mass is 9.96. The fourth-order valence-electron chi connectivity index (χ4n) is 3.05. The summed E-state index contributed by atoms with van der Waals surface area (Å²) in [7, 11) is 0. The first-order valence-electron chi connectivity index (χ1n) is 8.09. The second-order valence-corrected chi connectivity index (χ2v) is 6.12. The third kappa shape index (κ3) is 4.41. The average molecular weight is 297 g/mol. The van der Waals surface area contributed by atoms with Crippen LogP contribution in [0.15, 0.2) is 0 Å². The van der Waals surface area contributed by atoms with Gasteiger partial charge in [-0.25, -0.2) is 0 Å². The molecule has 2 amide bonds. The third-order valence-corrected chi connectivity index (χ3v) is 4.34. The van der Waals surface area contributed by atoms with Gasteiger partial charge in [0.15, 0.2) is 0 Å². The highest BCUT2D eigenvalue weighted by atomic mass is 16.3. The standard InChI is InChI=1S/C15H27N3O3/c1-2-3-6-16-14(20)11-5-4-7-18(10-11)15(21)13-8-12(19)9-17-13/h11-13,17,19H,2-10H2,1H3,(H,16,20). The Morgan fingerprint density at radius 3 is 2.90 bits per heavy atom. The van der Waals surface area contributed by atoms with Crippen LogP contribution in [0.4, 0.5) is 0 Å². The van der Waals surface area contributed by atoms with E-state index in [0.29, 0.717) is 26.1 Å². The van der Waals surface area contributed by atoms with Gasteiger partial charge in [0.05, 0.1) is 18.1 Å². The number of piperidine rings is 1. The number of carbonyl (C=O) groups excluding carboxylic acids is 2. The molecule has 2 aliphatic rings. The third-order valence-electron chi connectivity index (χ3n) is 4.34. The van der Waals surface area contributed by atoms with Crippen molar-refractivity contribution in [2.45, 2.75) is 51.2 Å². The number of amides is 2. The van der Waals surface area contributed by atoms with Crippen LogP contribution in [0.25, 0.3) is 0 Å². The number of carbonyl (C=O) groups is 2. The molecule has 2 fully saturated rings. The second-order valence-electron chi connectivity index (χ2n) is 6.12. The molecule has 6 heteroatoms. The molecule has 0 saturated carbocycles. The first kappa shape index (κ1) is 16.2. The van der Waals surface area contributed by atoms with Crippen molar-refractivity contribution in [3.05, 3.63) is 0 Å². The topological polar surface area (TPSA) is 81.7 Å². The monoisotopic (exact) mass is 297 g/mol. The number of aliphatic hydroxyl groups excluding tert-OH is 1. The lowest BCUT2D eigenvalue weighted by molar-refractivity contribution is -0.137.